The highest BCUT2D eigenvalue weighted by molar-refractivity contribution is 6.32. The summed E-state index contributed by atoms with van der Waals surface area (Å²) in [6.45, 7) is 5.92. The number of carbonyl (C=O) groups is 1. The predicted molar refractivity (Wildman–Crippen MR) is 103 cm³/mol. The van der Waals surface area contributed by atoms with E-state index in [0.29, 0.717) is 30.2 Å². The molecule has 0 fully saturated rings. The first-order valence-electron chi connectivity index (χ1n) is 9.06. The first-order valence-corrected chi connectivity index (χ1v) is 9.44. The molecule has 7 nitrogen and oxygen atoms in total. The minimum atomic E-state index is -1.08. The Morgan fingerprint density at radius 1 is 1.37 bits per heavy atom. The lowest BCUT2D eigenvalue weighted by Crippen LogP contribution is -2.50. The number of halogens is 1. The van der Waals surface area contributed by atoms with Gasteiger partial charge in [0.05, 0.1) is 5.02 Å². The summed E-state index contributed by atoms with van der Waals surface area (Å²) in [5.41, 5.74) is -0.187. The van der Waals surface area contributed by atoms with Gasteiger partial charge < -0.3 is 10.1 Å². The zero-order valence-electron chi connectivity index (χ0n) is 16.1. The molecule has 27 heavy (non-hydrogen) atoms. The summed E-state index contributed by atoms with van der Waals surface area (Å²) in [5, 5.41) is 7.79. The van der Waals surface area contributed by atoms with Gasteiger partial charge in [0.1, 0.15) is 11.6 Å². The van der Waals surface area contributed by atoms with Gasteiger partial charge in [-0.3, -0.25) is 9.36 Å². The minimum Gasteiger partial charge on any atom is -0.476 e. The summed E-state index contributed by atoms with van der Waals surface area (Å²) < 4.78 is 8.95. The van der Waals surface area contributed by atoms with E-state index in [4.69, 9.17) is 16.3 Å². The number of hydrogen-bond donors (Lipinski definition) is 1. The maximum absolute atomic E-state index is 12.8. The van der Waals surface area contributed by atoms with Gasteiger partial charge in [-0.1, -0.05) is 17.7 Å². The molecule has 1 aromatic heterocycles. The average molecular weight is 393 g/mol. The van der Waals surface area contributed by atoms with Crippen LogP contribution in [0.1, 0.15) is 38.1 Å². The third-order valence-corrected chi connectivity index (χ3v) is 5.15. The lowest BCUT2D eigenvalue weighted by molar-refractivity contribution is -0.135. The van der Waals surface area contributed by atoms with Crippen molar-refractivity contribution in [3.05, 3.63) is 45.1 Å². The topological polar surface area (TPSA) is 78.2 Å². The van der Waals surface area contributed by atoms with Crippen molar-refractivity contribution >= 4 is 17.5 Å². The number of benzene rings is 1. The van der Waals surface area contributed by atoms with Gasteiger partial charge in [0, 0.05) is 26.1 Å². The number of hydrogen-bond acceptors (Lipinski definition) is 4. The van der Waals surface area contributed by atoms with Crippen molar-refractivity contribution < 1.29 is 9.53 Å². The molecule has 1 aromatic carbocycles. The Labute approximate surface area is 163 Å². The summed E-state index contributed by atoms with van der Waals surface area (Å²) in [7, 11) is 1.65. The van der Waals surface area contributed by atoms with Gasteiger partial charge in [-0.15, -0.1) is 0 Å². The van der Waals surface area contributed by atoms with E-state index in [2.05, 4.69) is 10.4 Å². The molecule has 0 bridgehead atoms. The lowest BCUT2D eigenvalue weighted by atomic mass is 10.0. The van der Waals surface area contributed by atoms with E-state index in [9.17, 15) is 9.59 Å². The highest BCUT2D eigenvalue weighted by Crippen LogP contribution is 2.29. The molecule has 1 atom stereocenters. The molecule has 1 aliphatic heterocycles. The van der Waals surface area contributed by atoms with Crippen LogP contribution >= 0.6 is 11.6 Å². The quantitative estimate of drug-likeness (QED) is 0.865. The second-order valence-corrected chi connectivity index (χ2v) is 7.93. The first-order chi connectivity index (χ1) is 12.7. The summed E-state index contributed by atoms with van der Waals surface area (Å²) >= 11 is 6.19. The molecule has 8 heteroatoms. The SMILES string of the molecule is Cc1ccc(Cl)c(OC(C)(C)C(=O)NC2CCc3nn(C)c(=O)n3CC2)c1. The van der Waals surface area contributed by atoms with Crippen molar-refractivity contribution in [2.24, 2.45) is 7.05 Å². The monoisotopic (exact) mass is 392 g/mol. The molecule has 0 spiro atoms. The Hall–Kier alpha value is -2.28. The highest BCUT2D eigenvalue weighted by atomic mass is 35.5. The predicted octanol–water partition coefficient (Wildman–Crippen LogP) is 2.22. The number of carbonyl (C=O) groups excluding carboxylic acids is 1. The zero-order valence-corrected chi connectivity index (χ0v) is 16.8. The maximum atomic E-state index is 12.8. The molecule has 146 valence electrons. The molecule has 1 aliphatic rings. The van der Waals surface area contributed by atoms with Crippen LogP contribution in [0.2, 0.25) is 5.02 Å². The van der Waals surface area contributed by atoms with Gasteiger partial charge in [-0.05, 0) is 51.3 Å². The summed E-state index contributed by atoms with van der Waals surface area (Å²) in [5.74, 6) is 1.04. The minimum absolute atomic E-state index is 0.0419. The largest absolute Gasteiger partial charge is 0.476 e. The van der Waals surface area contributed by atoms with E-state index in [-0.39, 0.29) is 17.6 Å². The summed E-state index contributed by atoms with van der Waals surface area (Å²) in [6, 6.07) is 5.42. The second kappa shape index (κ2) is 7.38. The molecule has 1 amide bonds. The van der Waals surface area contributed by atoms with Gasteiger partial charge >= 0.3 is 5.69 Å². The van der Waals surface area contributed by atoms with Crippen molar-refractivity contribution in [2.75, 3.05) is 0 Å². The Morgan fingerprint density at radius 3 is 2.85 bits per heavy atom. The average Bonchev–Trinajstić information content (AvgIpc) is 2.75. The standard InChI is InChI=1S/C19H25ClN4O3/c1-12-5-7-14(20)15(11-12)27-19(2,3)17(25)21-13-6-8-16-22-23(4)18(26)24(16)10-9-13/h5,7,11,13H,6,8-10H2,1-4H3,(H,21,25). The molecule has 2 heterocycles. The summed E-state index contributed by atoms with van der Waals surface area (Å²) in [6.07, 6.45) is 2.04. The van der Waals surface area contributed by atoms with Crippen molar-refractivity contribution in [3.63, 3.8) is 0 Å². The number of nitrogens with zero attached hydrogens (tertiary/aromatic N) is 3. The van der Waals surface area contributed by atoms with Gasteiger partial charge in [-0.2, -0.15) is 5.10 Å². The van der Waals surface area contributed by atoms with Crippen molar-refractivity contribution in [2.45, 2.75) is 58.2 Å². The third kappa shape index (κ3) is 4.18. The van der Waals surface area contributed by atoms with Crippen LogP contribution in [0.25, 0.3) is 0 Å². The number of rotatable bonds is 4. The molecule has 1 unspecified atom stereocenters. The van der Waals surface area contributed by atoms with E-state index in [1.165, 1.54) is 4.68 Å². The van der Waals surface area contributed by atoms with E-state index in [1.54, 1.807) is 31.5 Å². The molecule has 0 radical (unpaired) electrons. The van der Waals surface area contributed by atoms with Gasteiger partial charge in [0.25, 0.3) is 5.91 Å². The van der Waals surface area contributed by atoms with Gasteiger partial charge in [-0.25, -0.2) is 9.48 Å². The van der Waals surface area contributed by atoms with Crippen LogP contribution in [-0.2, 0) is 24.8 Å². The third-order valence-electron chi connectivity index (χ3n) is 4.84. The van der Waals surface area contributed by atoms with E-state index in [0.717, 1.165) is 17.8 Å². The summed E-state index contributed by atoms with van der Waals surface area (Å²) in [4.78, 5) is 24.9. The fourth-order valence-electron chi connectivity index (χ4n) is 3.21. The molecule has 3 rings (SSSR count). The van der Waals surface area contributed by atoms with Crippen LogP contribution in [0.4, 0.5) is 0 Å². The number of fused-ring (bicyclic) bond motifs is 1. The fraction of sp³-hybridized carbons (Fsp3) is 0.526. The smallest absolute Gasteiger partial charge is 0.345 e. The van der Waals surface area contributed by atoms with Gasteiger partial charge in [0.2, 0.25) is 0 Å². The van der Waals surface area contributed by atoms with E-state index < -0.39 is 5.60 Å². The molecule has 0 aliphatic carbocycles. The van der Waals surface area contributed by atoms with Crippen LogP contribution in [0.15, 0.2) is 23.0 Å². The Balaban J connectivity index is 1.66. The molecule has 0 saturated heterocycles. The van der Waals surface area contributed by atoms with Crippen LogP contribution in [0, 0.1) is 6.92 Å². The normalized spacial score (nSPS) is 17.1. The Morgan fingerprint density at radius 2 is 2.11 bits per heavy atom. The lowest BCUT2D eigenvalue weighted by Gasteiger charge is -2.28. The number of aryl methyl sites for hydroxylation is 3. The van der Waals surface area contributed by atoms with Crippen molar-refractivity contribution in [1.29, 1.82) is 0 Å². The van der Waals surface area contributed by atoms with Crippen LogP contribution in [0.5, 0.6) is 5.75 Å². The molecule has 2 aromatic rings. The second-order valence-electron chi connectivity index (χ2n) is 7.52. The molecule has 0 saturated carbocycles. The number of nitrogens with one attached hydrogen (secondary N) is 1. The van der Waals surface area contributed by atoms with Crippen LogP contribution in [-0.4, -0.2) is 31.9 Å². The van der Waals surface area contributed by atoms with E-state index in [1.807, 2.05) is 19.1 Å². The van der Waals surface area contributed by atoms with Crippen LogP contribution < -0.4 is 15.7 Å². The molecular formula is C19H25ClN4O3. The maximum Gasteiger partial charge on any atom is 0.345 e. The molecule has 1 N–H and O–H groups in total. The number of ether oxygens (including phenoxy) is 1. The van der Waals surface area contributed by atoms with E-state index >= 15 is 0 Å². The fourth-order valence-corrected chi connectivity index (χ4v) is 3.37. The van der Waals surface area contributed by atoms with Crippen molar-refractivity contribution in [1.82, 2.24) is 19.7 Å². The van der Waals surface area contributed by atoms with Crippen molar-refractivity contribution in [3.8, 4) is 5.75 Å². The van der Waals surface area contributed by atoms with Crippen LogP contribution in [0.3, 0.4) is 0 Å². The zero-order chi connectivity index (χ0) is 19.8. The Bertz CT molecular complexity index is 916. The number of aromatic nitrogens is 3. The first kappa shape index (κ1) is 19.5. The molecular weight excluding hydrogens is 368 g/mol. The van der Waals surface area contributed by atoms with Gasteiger partial charge in [0.15, 0.2) is 5.60 Å². The number of amides is 1. The highest BCUT2D eigenvalue weighted by Gasteiger charge is 2.33. The Kier molecular flexibility index (Phi) is 5.33.